The number of ether oxygens (including phenoxy) is 1. The van der Waals surface area contributed by atoms with Gasteiger partial charge in [-0.15, -0.1) is 0 Å². The zero-order chi connectivity index (χ0) is 17.2. The number of para-hydroxylation sites is 1. The van der Waals surface area contributed by atoms with Crippen LogP contribution in [0.5, 0.6) is 5.75 Å². The molecule has 0 saturated carbocycles. The van der Waals surface area contributed by atoms with Gasteiger partial charge in [-0.1, -0.05) is 23.4 Å². The number of hydrogen-bond donors (Lipinski definition) is 2. The maximum atomic E-state index is 12.5. The van der Waals surface area contributed by atoms with Crippen LogP contribution in [0.1, 0.15) is 5.56 Å². The Morgan fingerprint density at radius 2 is 1.96 bits per heavy atom. The van der Waals surface area contributed by atoms with E-state index < -0.39 is 5.76 Å². The molecule has 0 unspecified atom stereocenters. The Balaban J connectivity index is 1.44. The number of nitrogens with one attached hydrogen (secondary N) is 2. The lowest BCUT2D eigenvalue weighted by Crippen LogP contribution is -2.32. The normalized spacial score (nSPS) is 15.9. The van der Waals surface area contributed by atoms with Gasteiger partial charge in [0.05, 0.1) is 5.92 Å². The number of anilines is 1. The zero-order valence-electron chi connectivity index (χ0n) is 13.2. The summed E-state index contributed by atoms with van der Waals surface area (Å²) in [6.45, 7) is 0.362. The van der Waals surface area contributed by atoms with Crippen LogP contribution >= 0.6 is 0 Å². The first-order valence-electron chi connectivity index (χ1n) is 7.87. The van der Waals surface area contributed by atoms with Crippen molar-refractivity contribution < 1.29 is 14.1 Å². The number of H-pyrrole nitrogens is 1. The highest BCUT2D eigenvalue weighted by molar-refractivity contribution is 5.93. The molecular weight excluding hydrogens is 322 g/mol. The summed E-state index contributed by atoms with van der Waals surface area (Å²) in [4.78, 5) is 25.9. The van der Waals surface area contributed by atoms with E-state index in [0.29, 0.717) is 30.1 Å². The van der Waals surface area contributed by atoms with E-state index in [1.807, 2.05) is 24.3 Å². The van der Waals surface area contributed by atoms with Gasteiger partial charge in [-0.25, -0.2) is 4.79 Å². The zero-order valence-corrected chi connectivity index (χ0v) is 13.2. The molecule has 1 atom stereocenters. The minimum Gasteiger partial charge on any atom is -0.492 e. The Morgan fingerprint density at radius 1 is 1.16 bits per heavy atom. The molecule has 1 aliphatic heterocycles. The van der Waals surface area contributed by atoms with Gasteiger partial charge in [0.1, 0.15) is 12.4 Å². The molecule has 4 rings (SSSR count). The molecule has 2 aromatic carbocycles. The van der Waals surface area contributed by atoms with Crippen LogP contribution in [-0.4, -0.2) is 22.7 Å². The fraction of sp³-hybridized carbons (Fsp3) is 0.167. The lowest BCUT2D eigenvalue weighted by Gasteiger charge is -2.24. The fourth-order valence-corrected chi connectivity index (χ4v) is 2.81. The van der Waals surface area contributed by atoms with Gasteiger partial charge in [0, 0.05) is 11.3 Å². The number of rotatable bonds is 3. The third kappa shape index (κ3) is 3.16. The largest absolute Gasteiger partial charge is 0.492 e. The Kier molecular flexibility index (Phi) is 3.81. The molecule has 7 nitrogen and oxygen atoms in total. The lowest BCUT2D eigenvalue weighted by atomic mass is 9.96. The monoisotopic (exact) mass is 337 g/mol. The quantitative estimate of drug-likeness (QED) is 0.764. The Bertz CT molecular complexity index is 959. The van der Waals surface area contributed by atoms with E-state index in [4.69, 9.17) is 4.74 Å². The first-order chi connectivity index (χ1) is 12.2. The van der Waals surface area contributed by atoms with E-state index in [2.05, 4.69) is 20.0 Å². The molecule has 0 aliphatic carbocycles. The van der Waals surface area contributed by atoms with Crippen LogP contribution in [0.25, 0.3) is 11.4 Å². The Morgan fingerprint density at radius 3 is 2.72 bits per heavy atom. The summed E-state index contributed by atoms with van der Waals surface area (Å²) in [5.41, 5.74) is 2.40. The summed E-state index contributed by atoms with van der Waals surface area (Å²) in [5.74, 6) is 0.265. The van der Waals surface area contributed by atoms with E-state index >= 15 is 0 Å². The van der Waals surface area contributed by atoms with Gasteiger partial charge in [0.2, 0.25) is 5.91 Å². The van der Waals surface area contributed by atoms with E-state index in [9.17, 15) is 9.59 Å². The van der Waals surface area contributed by atoms with Crippen molar-refractivity contribution in [2.45, 2.75) is 6.42 Å². The van der Waals surface area contributed by atoms with Gasteiger partial charge < -0.3 is 10.1 Å². The predicted molar refractivity (Wildman–Crippen MR) is 90.3 cm³/mol. The lowest BCUT2D eigenvalue weighted by molar-refractivity contribution is -0.121. The number of amides is 1. The second-order valence-corrected chi connectivity index (χ2v) is 5.83. The predicted octanol–water partition coefficient (Wildman–Crippen LogP) is 2.22. The summed E-state index contributed by atoms with van der Waals surface area (Å²) < 4.78 is 10.1. The summed E-state index contributed by atoms with van der Waals surface area (Å²) in [5, 5.41) is 6.52. The minimum atomic E-state index is -0.607. The van der Waals surface area contributed by atoms with Gasteiger partial charge in [-0.05, 0) is 42.3 Å². The molecule has 7 heteroatoms. The molecule has 2 N–H and O–H groups in total. The highest BCUT2D eigenvalue weighted by Crippen LogP contribution is 2.27. The molecule has 0 fully saturated rings. The molecule has 0 radical (unpaired) electrons. The van der Waals surface area contributed by atoms with Crippen LogP contribution in [0.15, 0.2) is 57.8 Å². The molecule has 1 amide bonds. The molecule has 0 saturated heterocycles. The van der Waals surface area contributed by atoms with Crippen LogP contribution in [-0.2, 0) is 11.2 Å². The number of nitrogens with zero attached hydrogens (tertiary/aromatic N) is 1. The summed E-state index contributed by atoms with van der Waals surface area (Å²) in [7, 11) is 0. The van der Waals surface area contributed by atoms with Gasteiger partial charge >= 0.3 is 5.76 Å². The van der Waals surface area contributed by atoms with Crippen molar-refractivity contribution in [3.05, 3.63) is 64.6 Å². The van der Waals surface area contributed by atoms with Crippen molar-refractivity contribution in [2.75, 3.05) is 11.9 Å². The number of aromatic nitrogens is 2. The summed E-state index contributed by atoms with van der Waals surface area (Å²) in [6, 6.07) is 14.7. The van der Waals surface area contributed by atoms with Crippen molar-refractivity contribution in [3.63, 3.8) is 0 Å². The summed E-state index contributed by atoms with van der Waals surface area (Å²) >= 11 is 0. The average Bonchev–Trinajstić information content (AvgIpc) is 3.08. The Labute approximate surface area is 142 Å². The minimum absolute atomic E-state index is 0.0860. The molecule has 2 heterocycles. The molecule has 3 aromatic rings. The fourth-order valence-electron chi connectivity index (χ4n) is 2.81. The third-order valence-corrected chi connectivity index (χ3v) is 4.12. The molecule has 126 valence electrons. The molecule has 1 aromatic heterocycles. The van der Waals surface area contributed by atoms with Gasteiger partial charge in [-0.3, -0.25) is 14.3 Å². The van der Waals surface area contributed by atoms with E-state index in [0.717, 1.165) is 11.3 Å². The van der Waals surface area contributed by atoms with Crippen molar-refractivity contribution in [3.8, 4) is 17.1 Å². The van der Waals surface area contributed by atoms with Crippen LogP contribution < -0.4 is 15.8 Å². The van der Waals surface area contributed by atoms with Crippen LogP contribution in [0.3, 0.4) is 0 Å². The topological polar surface area (TPSA) is 97.2 Å². The van der Waals surface area contributed by atoms with Crippen LogP contribution in [0.2, 0.25) is 0 Å². The number of fused-ring (bicyclic) bond motifs is 1. The van der Waals surface area contributed by atoms with Crippen LogP contribution in [0.4, 0.5) is 5.69 Å². The van der Waals surface area contributed by atoms with Crippen molar-refractivity contribution in [1.82, 2.24) is 10.1 Å². The van der Waals surface area contributed by atoms with Crippen molar-refractivity contribution in [2.24, 2.45) is 5.92 Å². The highest BCUT2D eigenvalue weighted by atomic mass is 16.5. The van der Waals surface area contributed by atoms with E-state index in [-0.39, 0.29) is 11.8 Å². The maximum Gasteiger partial charge on any atom is 0.439 e. The molecular formula is C18H15N3O4. The maximum absolute atomic E-state index is 12.5. The first kappa shape index (κ1) is 15.2. The van der Waals surface area contributed by atoms with Gasteiger partial charge in [0.25, 0.3) is 0 Å². The van der Waals surface area contributed by atoms with Gasteiger partial charge in [-0.2, -0.15) is 0 Å². The van der Waals surface area contributed by atoms with Crippen molar-refractivity contribution in [1.29, 1.82) is 0 Å². The van der Waals surface area contributed by atoms with Crippen LogP contribution in [0, 0.1) is 5.92 Å². The standard InChI is InChI=1S/C18H15N3O4/c22-17(13-9-12-3-1-2-4-15(12)24-10-13)19-14-7-5-11(6-8-14)16-20-18(23)25-21-16/h1-8,13H,9-10H2,(H,19,22)(H,20,21,23)/t13-/m0/s1. The van der Waals surface area contributed by atoms with Gasteiger partial charge in [0.15, 0.2) is 5.82 Å². The number of aromatic amines is 1. The van der Waals surface area contributed by atoms with Crippen molar-refractivity contribution >= 4 is 11.6 Å². The SMILES string of the molecule is O=C(Nc1ccc(-c2noc(=O)[nH]2)cc1)[C@@H]1COc2ccccc2C1. The van der Waals surface area contributed by atoms with E-state index in [1.165, 1.54) is 0 Å². The second-order valence-electron chi connectivity index (χ2n) is 5.83. The number of hydrogen-bond acceptors (Lipinski definition) is 5. The molecule has 25 heavy (non-hydrogen) atoms. The molecule has 1 aliphatic rings. The third-order valence-electron chi connectivity index (χ3n) is 4.12. The smallest absolute Gasteiger partial charge is 0.439 e. The number of carbonyl (C=O) groups excluding carboxylic acids is 1. The summed E-state index contributed by atoms with van der Waals surface area (Å²) in [6.07, 6.45) is 0.653. The molecule has 0 spiro atoms. The van der Waals surface area contributed by atoms with E-state index in [1.54, 1.807) is 24.3 Å². The number of carbonyl (C=O) groups is 1. The number of benzene rings is 2. The highest BCUT2D eigenvalue weighted by Gasteiger charge is 2.25. The Hall–Kier alpha value is -3.35. The molecule has 0 bridgehead atoms. The average molecular weight is 337 g/mol. The first-order valence-corrected chi connectivity index (χ1v) is 7.87. The second kappa shape index (κ2) is 6.27.